The smallest absolute Gasteiger partial charge is 0.321 e. The molecule has 74 valence electrons. The van der Waals surface area contributed by atoms with Crippen LogP contribution >= 0.6 is 0 Å². The van der Waals surface area contributed by atoms with Crippen molar-refractivity contribution in [1.82, 2.24) is 10.1 Å². The molecule has 4 heteroatoms. The van der Waals surface area contributed by atoms with E-state index in [1.54, 1.807) is 0 Å². The number of hydrogen-bond donors (Lipinski definition) is 1. The third-order valence-corrected chi connectivity index (χ3v) is 1.62. The van der Waals surface area contributed by atoms with Crippen LogP contribution in [0, 0.1) is 0 Å². The first-order valence-corrected chi connectivity index (χ1v) is 4.62. The van der Waals surface area contributed by atoms with Gasteiger partial charge in [-0.2, -0.15) is 4.98 Å². The Hall–Kier alpha value is -1.06. The van der Waals surface area contributed by atoms with Crippen LogP contribution in [0.3, 0.4) is 0 Å². The molecule has 1 aromatic rings. The molecule has 1 heterocycles. The summed E-state index contributed by atoms with van der Waals surface area (Å²) in [7, 11) is 0. The molecule has 1 rings (SSSR count). The summed E-state index contributed by atoms with van der Waals surface area (Å²) >= 11 is 0. The van der Waals surface area contributed by atoms with Crippen LogP contribution in [0.1, 0.15) is 39.9 Å². The van der Waals surface area contributed by atoms with Gasteiger partial charge in [-0.3, -0.25) is 0 Å². The number of aromatic nitrogens is 2. The van der Waals surface area contributed by atoms with Gasteiger partial charge >= 0.3 is 6.01 Å². The largest absolute Gasteiger partial charge is 0.338 e. The highest BCUT2D eigenvalue weighted by Gasteiger charge is 2.20. The molecule has 0 aliphatic rings. The van der Waals surface area contributed by atoms with Crippen LogP contribution < -0.4 is 5.32 Å². The third kappa shape index (κ3) is 2.72. The molecule has 0 saturated carbocycles. The van der Waals surface area contributed by atoms with Crippen molar-refractivity contribution in [2.24, 2.45) is 0 Å². The van der Waals surface area contributed by atoms with E-state index >= 15 is 0 Å². The van der Waals surface area contributed by atoms with Gasteiger partial charge in [-0.25, -0.2) is 0 Å². The van der Waals surface area contributed by atoms with Gasteiger partial charge in [0.1, 0.15) is 0 Å². The molecule has 0 aliphatic heterocycles. The highest BCUT2D eigenvalue weighted by molar-refractivity contribution is 5.19. The lowest BCUT2D eigenvalue weighted by atomic mass is 9.96. The number of rotatable bonds is 3. The van der Waals surface area contributed by atoms with E-state index in [9.17, 15) is 0 Å². The van der Waals surface area contributed by atoms with Crippen molar-refractivity contribution >= 4 is 6.01 Å². The fraction of sp³-hybridized carbons (Fsp3) is 0.778. The number of anilines is 1. The summed E-state index contributed by atoms with van der Waals surface area (Å²) in [5, 5.41) is 6.94. The van der Waals surface area contributed by atoms with Gasteiger partial charge in [-0.15, -0.1) is 0 Å². The lowest BCUT2D eigenvalue weighted by Crippen LogP contribution is -2.13. The Kier molecular flexibility index (Phi) is 2.90. The molecular weight excluding hydrogens is 166 g/mol. The summed E-state index contributed by atoms with van der Waals surface area (Å²) < 4.78 is 5.02. The zero-order valence-electron chi connectivity index (χ0n) is 8.72. The van der Waals surface area contributed by atoms with Gasteiger partial charge in [0.15, 0.2) is 5.82 Å². The molecule has 1 aromatic heterocycles. The maximum atomic E-state index is 5.02. The number of hydrogen-bond acceptors (Lipinski definition) is 4. The standard InChI is InChI=1S/C9H17N3O/c1-5-6-10-8-11-7(12-13-8)9(2,3)4/h5-6H2,1-4H3,(H,10,11,12). The van der Waals surface area contributed by atoms with Gasteiger partial charge in [-0.05, 0) is 6.42 Å². The minimum atomic E-state index is -0.0460. The van der Waals surface area contributed by atoms with E-state index in [4.69, 9.17) is 4.52 Å². The molecule has 13 heavy (non-hydrogen) atoms. The zero-order chi connectivity index (χ0) is 9.90. The first-order valence-electron chi connectivity index (χ1n) is 4.62. The first-order chi connectivity index (χ1) is 6.04. The van der Waals surface area contributed by atoms with E-state index in [2.05, 4.69) is 43.2 Å². The molecule has 0 saturated heterocycles. The van der Waals surface area contributed by atoms with E-state index in [1.807, 2.05) is 0 Å². The molecule has 0 bridgehead atoms. The summed E-state index contributed by atoms with van der Waals surface area (Å²) in [5.74, 6) is 0.742. The van der Waals surface area contributed by atoms with Crippen LogP contribution in [-0.4, -0.2) is 16.7 Å². The third-order valence-electron chi connectivity index (χ3n) is 1.62. The fourth-order valence-electron chi connectivity index (χ4n) is 0.832. The molecule has 4 nitrogen and oxygen atoms in total. The Morgan fingerprint density at radius 3 is 2.54 bits per heavy atom. The number of nitrogens with zero attached hydrogens (tertiary/aromatic N) is 2. The second-order valence-corrected chi connectivity index (χ2v) is 4.10. The topological polar surface area (TPSA) is 51.0 Å². The van der Waals surface area contributed by atoms with Gasteiger partial charge in [-0.1, -0.05) is 32.9 Å². The maximum Gasteiger partial charge on any atom is 0.321 e. The molecule has 0 radical (unpaired) electrons. The van der Waals surface area contributed by atoms with Crippen LogP contribution in [0.4, 0.5) is 6.01 Å². The molecule has 0 aromatic carbocycles. The zero-order valence-corrected chi connectivity index (χ0v) is 8.72. The van der Waals surface area contributed by atoms with Crippen molar-refractivity contribution in [2.45, 2.75) is 39.5 Å². The maximum absolute atomic E-state index is 5.02. The summed E-state index contributed by atoms with van der Waals surface area (Å²) in [6.45, 7) is 9.13. The summed E-state index contributed by atoms with van der Waals surface area (Å²) in [6, 6.07) is 0.520. The Balaban J connectivity index is 2.64. The van der Waals surface area contributed by atoms with E-state index < -0.39 is 0 Å². The quantitative estimate of drug-likeness (QED) is 0.780. The molecule has 0 amide bonds. The summed E-state index contributed by atoms with van der Waals surface area (Å²) in [6.07, 6.45) is 1.05. The molecule has 0 aliphatic carbocycles. The monoisotopic (exact) mass is 183 g/mol. The van der Waals surface area contributed by atoms with E-state index in [-0.39, 0.29) is 5.41 Å². The van der Waals surface area contributed by atoms with Gasteiger partial charge in [0.05, 0.1) is 0 Å². The average Bonchev–Trinajstić information content (AvgIpc) is 2.47. The van der Waals surface area contributed by atoms with E-state index in [1.165, 1.54) is 0 Å². The van der Waals surface area contributed by atoms with Gasteiger partial charge in [0.2, 0.25) is 0 Å². The lowest BCUT2D eigenvalue weighted by Gasteiger charge is -2.10. The molecule has 0 spiro atoms. The Morgan fingerprint density at radius 1 is 1.38 bits per heavy atom. The normalized spacial score (nSPS) is 11.7. The van der Waals surface area contributed by atoms with Crippen LogP contribution in [0.5, 0.6) is 0 Å². The van der Waals surface area contributed by atoms with Crippen molar-refractivity contribution in [3.05, 3.63) is 5.82 Å². The molecule has 1 N–H and O–H groups in total. The summed E-state index contributed by atoms with van der Waals surface area (Å²) in [4.78, 5) is 4.23. The lowest BCUT2D eigenvalue weighted by molar-refractivity contribution is 0.402. The predicted octanol–water partition coefficient (Wildman–Crippen LogP) is 2.19. The SMILES string of the molecule is CCCNc1nc(C(C)(C)C)no1. The number of nitrogens with one attached hydrogen (secondary N) is 1. The van der Waals surface area contributed by atoms with Gasteiger partial charge in [0, 0.05) is 12.0 Å². The van der Waals surface area contributed by atoms with Crippen molar-refractivity contribution in [3.63, 3.8) is 0 Å². The highest BCUT2D eigenvalue weighted by atomic mass is 16.5. The molecule has 0 unspecified atom stereocenters. The average molecular weight is 183 g/mol. The van der Waals surface area contributed by atoms with Crippen LogP contribution in [0.2, 0.25) is 0 Å². The van der Waals surface area contributed by atoms with E-state index in [0.29, 0.717) is 6.01 Å². The first kappa shape index (κ1) is 10.0. The minimum Gasteiger partial charge on any atom is -0.338 e. The molecule has 0 fully saturated rings. The van der Waals surface area contributed by atoms with Crippen molar-refractivity contribution < 1.29 is 4.52 Å². The van der Waals surface area contributed by atoms with E-state index in [0.717, 1.165) is 18.8 Å². The van der Waals surface area contributed by atoms with Gasteiger partial charge < -0.3 is 9.84 Å². The van der Waals surface area contributed by atoms with Crippen molar-refractivity contribution in [3.8, 4) is 0 Å². The van der Waals surface area contributed by atoms with Gasteiger partial charge in [0.25, 0.3) is 0 Å². The predicted molar refractivity (Wildman–Crippen MR) is 51.8 cm³/mol. The Bertz CT molecular complexity index is 262. The fourth-order valence-corrected chi connectivity index (χ4v) is 0.832. The highest BCUT2D eigenvalue weighted by Crippen LogP contribution is 2.19. The van der Waals surface area contributed by atoms with Crippen molar-refractivity contribution in [1.29, 1.82) is 0 Å². The Morgan fingerprint density at radius 2 is 2.08 bits per heavy atom. The summed E-state index contributed by atoms with van der Waals surface area (Å²) in [5.41, 5.74) is -0.0460. The van der Waals surface area contributed by atoms with Crippen LogP contribution in [0.15, 0.2) is 4.52 Å². The molecular formula is C9H17N3O. The Labute approximate surface area is 78.7 Å². The van der Waals surface area contributed by atoms with Crippen molar-refractivity contribution in [2.75, 3.05) is 11.9 Å². The minimum absolute atomic E-state index is 0.0460. The second kappa shape index (κ2) is 3.77. The second-order valence-electron chi connectivity index (χ2n) is 4.10. The van der Waals surface area contributed by atoms with Crippen LogP contribution in [-0.2, 0) is 5.41 Å². The molecule has 0 atom stereocenters. The van der Waals surface area contributed by atoms with Crippen LogP contribution in [0.25, 0.3) is 0 Å².